The van der Waals surface area contributed by atoms with E-state index in [1.165, 1.54) is 12.5 Å². The second-order valence-electron chi connectivity index (χ2n) is 4.81. The maximum atomic E-state index is 11.6. The van der Waals surface area contributed by atoms with Crippen LogP contribution < -0.4 is 0 Å². The van der Waals surface area contributed by atoms with Gasteiger partial charge >= 0.3 is 12.1 Å². The molecule has 0 saturated carbocycles. The molecule has 1 unspecified atom stereocenters. The number of nitrogens with zero attached hydrogens (tertiary/aromatic N) is 2. The maximum absolute atomic E-state index is 11.6. The topological polar surface area (TPSA) is 102 Å². The van der Waals surface area contributed by atoms with Gasteiger partial charge in [0.2, 0.25) is 0 Å². The molecule has 0 saturated heterocycles. The van der Waals surface area contributed by atoms with Gasteiger partial charge in [-0.15, -0.1) is 0 Å². The molecule has 0 amide bonds. The molecule has 0 bridgehead atoms. The first-order valence-electron chi connectivity index (χ1n) is 5.36. The molecule has 1 aromatic heterocycles. The van der Waals surface area contributed by atoms with E-state index in [1.807, 2.05) is 0 Å². The fourth-order valence-electron chi connectivity index (χ4n) is 1.17. The minimum Gasteiger partial charge on any atom is -0.479 e. The first kappa shape index (κ1) is 14.2. The zero-order valence-corrected chi connectivity index (χ0v) is 10.5. The van der Waals surface area contributed by atoms with Gasteiger partial charge in [0.1, 0.15) is 11.9 Å². The molecule has 100 valence electrons. The summed E-state index contributed by atoms with van der Waals surface area (Å²) in [5.41, 5.74) is -0.321. The molecule has 0 spiro atoms. The van der Waals surface area contributed by atoms with E-state index in [4.69, 9.17) is 14.9 Å². The predicted molar refractivity (Wildman–Crippen MR) is 61.2 cm³/mol. The van der Waals surface area contributed by atoms with Gasteiger partial charge in [0, 0.05) is 12.6 Å². The summed E-state index contributed by atoms with van der Waals surface area (Å²) in [6.07, 6.45) is 0.252. The summed E-state index contributed by atoms with van der Waals surface area (Å²) < 4.78 is 6.20. The average molecular weight is 256 g/mol. The standard InChI is InChI=1S/C11H16N2O5/c1-11(2,3)18-10(17)13-5-7(12-6-13)4-8(14)9(15)16/h5-6,8,14H,4H2,1-3H3,(H,15,16). The zero-order valence-electron chi connectivity index (χ0n) is 10.5. The molecular formula is C11H16N2O5. The smallest absolute Gasteiger partial charge is 0.419 e. The van der Waals surface area contributed by atoms with E-state index in [0.717, 1.165) is 4.57 Å². The highest BCUT2D eigenvalue weighted by atomic mass is 16.6. The van der Waals surface area contributed by atoms with Gasteiger partial charge in [0.15, 0.2) is 6.10 Å². The number of carbonyl (C=O) groups is 2. The van der Waals surface area contributed by atoms with E-state index in [1.54, 1.807) is 20.8 Å². The minimum atomic E-state index is -1.54. The summed E-state index contributed by atoms with van der Waals surface area (Å²) in [7, 11) is 0. The lowest BCUT2D eigenvalue weighted by atomic mass is 10.2. The molecule has 18 heavy (non-hydrogen) atoms. The first-order chi connectivity index (χ1) is 8.19. The molecule has 0 aliphatic carbocycles. The molecule has 1 aromatic rings. The van der Waals surface area contributed by atoms with Crippen molar-refractivity contribution in [1.29, 1.82) is 0 Å². The van der Waals surface area contributed by atoms with Crippen molar-refractivity contribution < 1.29 is 24.5 Å². The summed E-state index contributed by atoms with van der Waals surface area (Å²) in [4.78, 5) is 25.9. The van der Waals surface area contributed by atoms with E-state index < -0.39 is 23.8 Å². The zero-order chi connectivity index (χ0) is 13.9. The molecule has 2 N–H and O–H groups in total. The van der Waals surface area contributed by atoms with Crippen molar-refractivity contribution in [3.05, 3.63) is 18.2 Å². The number of aliphatic hydroxyl groups is 1. The van der Waals surface area contributed by atoms with Crippen LogP contribution in [0.25, 0.3) is 0 Å². The quantitative estimate of drug-likeness (QED) is 0.823. The number of aliphatic carboxylic acids is 1. The van der Waals surface area contributed by atoms with E-state index in [2.05, 4.69) is 4.98 Å². The third-order valence-electron chi connectivity index (χ3n) is 1.93. The average Bonchev–Trinajstić information content (AvgIpc) is 2.63. The number of carboxylic acids is 1. The number of ether oxygens (including phenoxy) is 1. The van der Waals surface area contributed by atoms with Gasteiger partial charge in [-0.2, -0.15) is 0 Å². The summed E-state index contributed by atoms with van der Waals surface area (Å²) >= 11 is 0. The van der Waals surface area contributed by atoms with Gasteiger partial charge in [-0.1, -0.05) is 0 Å². The van der Waals surface area contributed by atoms with E-state index in [0.29, 0.717) is 5.69 Å². The van der Waals surface area contributed by atoms with Crippen molar-refractivity contribution in [2.45, 2.75) is 38.9 Å². The Morgan fingerprint density at radius 1 is 1.50 bits per heavy atom. The van der Waals surface area contributed by atoms with Crippen molar-refractivity contribution in [2.24, 2.45) is 0 Å². The number of hydrogen-bond acceptors (Lipinski definition) is 5. The molecule has 7 heteroatoms. The number of aromatic nitrogens is 2. The van der Waals surface area contributed by atoms with Crippen LogP contribution in [0.1, 0.15) is 26.5 Å². The highest BCUT2D eigenvalue weighted by Gasteiger charge is 2.20. The summed E-state index contributed by atoms with van der Waals surface area (Å²) in [6, 6.07) is 0. The molecule has 0 aliphatic rings. The second-order valence-corrected chi connectivity index (χ2v) is 4.81. The van der Waals surface area contributed by atoms with Crippen molar-refractivity contribution >= 4 is 12.1 Å². The second kappa shape index (κ2) is 5.18. The molecule has 1 heterocycles. The summed E-state index contributed by atoms with van der Waals surface area (Å²) in [5.74, 6) is -1.33. The minimum absolute atomic E-state index is 0.162. The highest BCUT2D eigenvalue weighted by Crippen LogP contribution is 2.09. The third-order valence-corrected chi connectivity index (χ3v) is 1.93. The predicted octanol–water partition coefficient (Wildman–Crippen LogP) is 0.654. The Morgan fingerprint density at radius 3 is 2.61 bits per heavy atom. The molecule has 1 atom stereocenters. The molecule has 0 aromatic carbocycles. The Morgan fingerprint density at radius 2 is 2.11 bits per heavy atom. The van der Waals surface area contributed by atoms with Crippen LogP contribution in [0.3, 0.4) is 0 Å². The molecule has 1 rings (SSSR count). The Bertz CT molecular complexity index is 447. The number of carbonyl (C=O) groups excluding carboxylic acids is 1. The van der Waals surface area contributed by atoms with Crippen LogP contribution in [0.5, 0.6) is 0 Å². The van der Waals surface area contributed by atoms with Gasteiger partial charge in [0.05, 0.1) is 5.69 Å². The van der Waals surface area contributed by atoms with Crippen LogP contribution >= 0.6 is 0 Å². The Balaban J connectivity index is 2.69. The lowest BCUT2D eigenvalue weighted by molar-refractivity contribution is -0.146. The van der Waals surface area contributed by atoms with Crippen LogP contribution in [0, 0.1) is 0 Å². The van der Waals surface area contributed by atoms with Gasteiger partial charge < -0.3 is 14.9 Å². The lowest BCUT2D eigenvalue weighted by Crippen LogP contribution is -2.26. The fraction of sp³-hybridized carbons (Fsp3) is 0.545. The Hall–Kier alpha value is -1.89. The van der Waals surface area contributed by atoms with E-state index >= 15 is 0 Å². The number of rotatable bonds is 3. The first-order valence-corrected chi connectivity index (χ1v) is 5.36. The third kappa shape index (κ3) is 4.17. The molecular weight excluding hydrogens is 240 g/mol. The van der Waals surface area contributed by atoms with Gasteiger partial charge in [0.25, 0.3) is 0 Å². The maximum Gasteiger partial charge on any atom is 0.419 e. The Labute approximate surface area is 104 Å². The van der Waals surface area contributed by atoms with Crippen LogP contribution in [0.4, 0.5) is 4.79 Å². The fourth-order valence-corrected chi connectivity index (χ4v) is 1.17. The number of imidazole rings is 1. The van der Waals surface area contributed by atoms with Crippen molar-refractivity contribution in [3.8, 4) is 0 Å². The van der Waals surface area contributed by atoms with Gasteiger partial charge in [-0.3, -0.25) is 0 Å². The van der Waals surface area contributed by atoms with Crippen LogP contribution in [0.2, 0.25) is 0 Å². The number of carboxylic acid groups (broad SMARTS) is 1. The van der Waals surface area contributed by atoms with Crippen molar-refractivity contribution in [2.75, 3.05) is 0 Å². The summed E-state index contributed by atoms with van der Waals surface area (Å²) in [6.45, 7) is 5.20. The highest BCUT2D eigenvalue weighted by molar-refractivity contribution is 5.72. The van der Waals surface area contributed by atoms with Gasteiger partial charge in [-0.25, -0.2) is 19.1 Å². The van der Waals surface area contributed by atoms with Gasteiger partial charge in [-0.05, 0) is 20.8 Å². The largest absolute Gasteiger partial charge is 0.479 e. The molecule has 0 radical (unpaired) electrons. The lowest BCUT2D eigenvalue weighted by Gasteiger charge is -2.19. The van der Waals surface area contributed by atoms with E-state index in [-0.39, 0.29) is 6.42 Å². The summed E-state index contributed by atoms with van der Waals surface area (Å²) in [5, 5.41) is 17.7. The van der Waals surface area contributed by atoms with Crippen molar-refractivity contribution in [3.63, 3.8) is 0 Å². The van der Waals surface area contributed by atoms with Crippen LogP contribution in [-0.4, -0.2) is 43.5 Å². The van der Waals surface area contributed by atoms with Crippen molar-refractivity contribution in [1.82, 2.24) is 9.55 Å². The molecule has 7 nitrogen and oxygen atoms in total. The number of hydrogen-bond donors (Lipinski definition) is 2. The molecule has 0 aliphatic heterocycles. The Kier molecular flexibility index (Phi) is 4.07. The molecule has 0 fully saturated rings. The van der Waals surface area contributed by atoms with E-state index in [9.17, 15) is 9.59 Å². The number of aliphatic hydroxyl groups excluding tert-OH is 1. The van der Waals surface area contributed by atoms with Crippen LogP contribution in [0.15, 0.2) is 12.5 Å². The van der Waals surface area contributed by atoms with Crippen LogP contribution in [-0.2, 0) is 16.0 Å². The SMILES string of the molecule is CC(C)(C)OC(=O)n1cnc(CC(O)C(=O)O)c1. The monoisotopic (exact) mass is 256 g/mol. The normalized spacial score (nSPS) is 13.1.